The molecule has 0 aromatic carbocycles. The number of hydrogen-bond acceptors (Lipinski definition) is 7. The molecule has 27 heavy (non-hydrogen) atoms. The minimum absolute atomic E-state index is 0.474. The highest BCUT2D eigenvalue weighted by Crippen LogP contribution is 2.39. The van der Waals surface area contributed by atoms with Crippen molar-refractivity contribution in [3.63, 3.8) is 0 Å². The fraction of sp³-hybridized carbons (Fsp3) is 0.632. The van der Waals surface area contributed by atoms with E-state index in [0.29, 0.717) is 5.25 Å². The second kappa shape index (κ2) is 8.27. The van der Waals surface area contributed by atoms with Crippen molar-refractivity contribution >= 4 is 50.7 Å². The highest BCUT2D eigenvalue weighted by Gasteiger charge is 2.23. The van der Waals surface area contributed by atoms with Crippen molar-refractivity contribution in [1.82, 2.24) is 24.5 Å². The molecule has 5 nitrogen and oxygen atoms in total. The summed E-state index contributed by atoms with van der Waals surface area (Å²) in [7, 11) is 4.24. The molecule has 3 heterocycles. The molecule has 0 aliphatic heterocycles. The average molecular weight is 422 g/mol. The molecule has 0 amide bonds. The van der Waals surface area contributed by atoms with E-state index in [2.05, 4.69) is 47.4 Å². The van der Waals surface area contributed by atoms with E-state index in [9.17, 15) is 0 Å². The summed E-state index contributed by atoms with van der Waals surface area (Å²) >= 11 is 5.50. The Hall–Kier alpha value is -0.830. The van der Waals surface area contributed by atoms with Crippen LogP contribution in [-0.2, 0) is 12.8 Å². The van der Waals surface area contributed by atoms with E-state index in [-0.39, 0.29) is 0 Å². The Kier molecular flexibility index (Phi) is 5.97. The molecule has 0 fully saturated rings. The number of fused-ring (bicyclic) bond motifs is 5. The van der Waals surface area contributed by atoms with Crippen molar-refractivity contribution in [2.75, 3.05) is 26.4 Å². The molecule has 0 bridgehead atoms. The number of nitrogens with zero attached hydrogens (tertiary/aromatic N) is 5. The van der Waals surface area contributed by atoms with Gasteiger partial charge < -0.3 is 4.90 Å². The Morgan fingerprint density at radius 2 is 1.96 bits per heavy atom. The van der Waals surface area contributed by atoms with Crippen LogP contribution in [0.15, 0.2) is 10.3 Å². The largest absolute Gasteiger partial charge is 0.309 e. The molecule has 1 aliphatic rings. The van der Waals surface area contributed by atoms with Gasteiger partial charge in [0.25, 0.3) is 0 Å². The summed E-state index contributed by atoms with van der Waals surface area (Å²) in [4.78, 5) is 8.88. The molecular formula is C19H27N5S3. The highest BCUT2D eigenvalue weighted by molar-refractivity contribution is 8.00. The first kappa shape index (κ1) is 19.5. The molecule has 0 unspecified atom stereocenters. The maximum Gasteiger partial charge on any atom is 0.197 e. The van der Waals surface area contributed by atoms with Gasteiger partial charge >= 0.3 is 0 Å². The van der Waals surface area contributed by atoms with Crippen molar-refractivity contribution in [1.29, 1.82) is 0 Å². The normalized spacial score (nSPS) is 14.7. The monoisotopic (exact) mass is 421 g/mol. The zero-order valence-electron chi connectivity index (χ0n) is 16.5. The lowest BCUT2D eigenvalue weighted by atomic mass is 9.98. The molecule has 0 saturated heterocycles. The molecule has 8 heteroatoms. The average Bonchev–Trinajstić information content (AvgIpc) is 3.20. The Morgan fingerprint density at radius 3 is 2.74 bits per heavy atom. The quantitative estimate of drug-likeness (QED) is 0.311. The zero-order chi connectivity index (χ0) is 19.0. The summed E-state index contributed by atoms with van der Waals surface area (Å²) < 4.78 is 3.43. The van der Waals surface area contributed by atoms with Gasteiger partial charge in [-0.15, -0.1) is 21.5 Å². The molecule has 0 radical (unpaired) electrons. The predicted octanol–water partition coefficient (Wildman–Crippen LogP) is 4.76. The Labute approximate surface area is 173 Å². The molecule has 3 aromatic rings. The molecular weight excluding hydrogens is 394 g/mol. The van der Waals surface area contributed by atoms with Crippen LogP contribution in [0.2, 0.25) is 0 Å². The summed E-state index contributed by atoms with van der Waals surface area (Å²) in [5.74, 6) is 1.05. The standard InChI is InChI=1S/C19H27N5S3/c1-12(2)26-18-20-15-13-8-5-6-9-14(13)27-16(15)17-21-22-19(24(17)18)25-11-7-10-23(3)4/h12H,5-11H2,1-4H3. The van der Waals surface area contributed by atoms with E-state index in [1.807, 2.05) is 23.1 Å². The van der Waals surface area contributed by atoms with Crippen LogP contribution in [-0.4, -0.2) is 56.1 Å². The van der Waals surface area contributed by atoms with Crippen LogP contribution in [0.1, 0.15) is 43.6 Å². The van der Waals surface area contributed by atoms with E-state index in [0.717, 1.165) is 41.1 Å². The van der Waals surface area contributed by atoms with E-state index >= 15 is 0 Å². The van der Waals surface area contributed by atoms with Gasteiger partial charge in [-0.1, -0.05) is 37.4 Å². The fourth-order valence-corrected chi connectivity index (χ4v) is 6.54. The number of rotatable bonds is 7. The van der Waals surface area contributed by atoms with Gasteiger partial charge in [-0.25, -0.2) is 9.38 Å². The van der Waals surface area contributed by atoms with Gasteiger partial charge in [0.1, 0.15) is 0 Å². The lowest BCUT2D eigenvalue weighted by Crippen LogP contribution is -2.13. The van der Waals surface area contributed by atoms with Crippen molar-refractivity contribution in [2.24, 2.45) is 0 Å². The Bertz CT molecular complexity index is 944. The van der Waals surface area contributed by atoms with E-state index in [1.165, 1.54) is 39.9 Å². The zero-order valence-corrected chi connectivity index (χ0v) is 18.9. The summed E-state index contributed by atoms with van der Waals surface area (Å²) in [5.41, 5.74) is 3.65. The lowest BCUT2D eigenvalue weighted by molar-refractivity contribution is 0.410. The third-order valence-electron chi connectivity index (χ3n) is 4.70. The van der Waals surface area contributed by atoms with E-state index in [1.54, 1.807) is 11.8 Å². The number of thioether (sulfide) groups is 2. The van der Waals surface area contributed by atoms with Crippen LogP contribution in [0.25, 0.3) is 15.9 Å². The van der Waals surface area contributed by atoms with Crippen LogP contribution in [0, 0.1) is 0 Å². The Balaban J connectivity index is 1.77. The van der Waals surface area contributed by atoms with Gasteiger partial charge in [0.15, 0.2) is 16.0 Å². The van der Waals surface area contributed by atoms with Crippen molar-refractivity contribution in [3.05, 3.63) is 10.4 Å². The van der Waals surface area contributed by atoms with Crippen molar-refractivity contribution in [2.45, 2.75) is 61.5 Å². The predicted molar refractivity (Wildman–Crippen MR) is 118 cm³/mol. The van der Waals surface area contributed by atoms with Crippen molar-refractivity contribution in [3.8, 4) is 0 Å². The van der Waals surface area contributed by atoms with Crippen LogP contribution in [0.4, 0.5) is 0 Å². The molecule has 1 aliphatic carbocycles. The molecule has 0 spiro atoms. The maximum atomic E-state index is 5.14. The molecule has 0 N–H and O–H groups in total. The summed E-state index contributed by atoms with van der Waals surface area (Å²) in [6.07, 6.45) is 6.06. The van der Waals surface area contributed by atoms with Gasteiger partial charge in [0, 0.05) is 15.9 Å². The van der Waals surface area contributed by atoms with E-state index in [4.69, 9.17) is 4.98 Å². The fourth-order valence-electron chi connectivity index (χ4n) is 3.48. The third-order valence-corrected chi connectivity index (χ3v) is 7.95. The first-order valence-corrected chi connectivity index (χ1v) is 12.4. The van der Waals surface area contributed by atoms with Gasteiger partial charge in [-0.3, -0.25) is 0 Å². The third kappa shape index (κ3) is 3.99. The van der Waals surface area contributed by atoms with Gasteiger partial charge in [-0.05, 0) is 58.3 Å². The smallest absolute Gasteiger partial charge is 0.197 e. The molecule has 3 aromatic heterocycles. The van der Waals surface area contributed by atoms with Gasteiger partial charge in [0.05, 0.1) is 10.2 Å². The second-order valence-corrected chi connectivity index (χ2v) is 11.3. The minimum Gasteiger partial charge on any atom is -0.309 e. The van der Waals surface area contributed by atoms with Crippen molar-refractivity contribution < 1.29 is 0 Å². The summed E-state index contributed by atoms with van der Waals surface area (Å²) in [5, 5.41) is 11.7. The van der Waals surface area contributed by atoms with Gasteiger partial charge in [0.2, 0.25) is 0 Å². The van der Waals surface area contributed by atoms with Crippen LogP contribution in [0.5, 0.6) is 0 Å². The first-order chi connectivity index (χ1) is 13.0. The van der Waals surface area contributed by atoms with E-state index < -0.39 is 0 Å². The molecule has 4 rings (SSSR count). The lowest BCUT2D eigenvalue weighted by Gasteiger charge is -2.12. The molecule has 0 atom stereocenters. The highest BCUT2D eigenvalue weighted by atomic mass is 32.2. The van der Waals surface area contributed by atoms with Crippen LogP contribution in [0.3, 0.4) is 0 Å². The minimum atomic E-state index is 0.474. The number of aromatic nitrogens is 4. The first-order valence-electron chi connectivity index (χ1n) is 9.68. The summed E-state index contributed by atoms with van der Waals surface area (Å²) in [6, 6.07) is 0. The van der Waals surface area contributed by atoms with Crippen LogP contribution >= 0.6 is 34.9 Å². The maximum absolute atomic E-state index is 5.14. The topological polar surface area (TPSA) is 46.3 Å². The van der Waals surface area contributed by atoms with Gasteiger partial charge in [-0.2, -0.15) is 0 Å². The molecule has 0 saturated carbocycles. The summed E-state index contributed by atoms with van der Waals surface area (Å²) in [6.45, 7) is 5.54. The SMILES string of the molecule is CC(C)Sc1nc2c3c(sc2c2nnc(SCCCN(C)C)n12)CCCC3. The molecule has 146 valence electrons. The van der Waals surface area contributed by atoms with Crippen LogP contribution < -0.4 is 0 Å². The second-order valence-electron chi connectivity index (χ2n) is 7.60. The Morgan fingerprint density at radius 1 is 1.15 bits per heavy atom. The number of thiophene rings is 1. The number of hydrogen-bond donors (Lipinski definition) is 0. The number of aryl methyl sites for hydroxylation is 2.